The summed E-state index contributed by atoms with van der Waals surface area (Å²) < 4.78 is 12.8. The van der Waals surface area contributed by atoms with E-state index in [0.29, 0.717) is 23.7 Å². The van der Waals surface area contributed by atoms with Gasteiger partial charge in [0.15, 0.2) is 11.5 Å². The van der Waals surface area contributed by atoms with Crippen LogP contribution in [0.15, 0.2) is 36.0 Å². The number of nitriles is 1. The van der Waals surface area contributed by atoms with Crippen LogP contribution in [0, 0.1) is 11.3 Å². The summed E-state index contributed by atoms with van der Waals surface area (Å²) in [5, 5.41) is 15.9. The summed E-state index contributed by atoms with van der Waals surface area (Å²) in [5.74, 6) is 1.12. The maximum atomic E-state index is 8.91. The predicted octanol–water partition coefficient (Wildman–Crippen LogP) is 3.00. The molecular weight excluding hydrogens is 312 g/mol. The molecule has 6 nitrogen and oxygen atoms in total. The Hall–Kier alpha value is -2.85. The number of ether oxygens (including phenoxy) is 2. The Bertz CT molecular complexity index is 863. The van der Waals surface area contributed by atoms with Crippen LogP contribution in [0.2, 0.25) is 0 Å². The van der Waals surface area contributed by atoms with Gasteiger partial charge in [0.2, 0.25) is 0 Å². The van der Waals surface area contributed by atoms with Crippen LogP contribution in [-0.2, 0) is 13.7 Å². The lowest BCUT2D eigenvalue weighted by Crippen LogP contribution is -1.98. The monoisotopic (exact) mass is 326 g/mol. The van der Waals surface area contributed by atoms with Gasteiger partial charge >= 0.3 is 0 Å². The van der Waals surface area contributed by atoms with E-state index in [2.05, 4.69) is 16.2 Å². The van der Waals surface area contributed by atoms with Crippen LogP contribution < -0.4 is 9.47 Å². The molecule has 2 aromatic heterocycles. The van der Waals surface area contributed by atoms with Gasteiger partial charge in [0.05, 0.1) is 30.6 Å². The van der Waals surface area contributed by atoms with Crippen molar-refractivity contribution in [2.24, 2.45) is 7.05 Å². The van der Waals surface area contributed by atoms with E-state index in [9.17, 15) is 0 Å². The third kappa shape index (κ3) is 3.33. The summed E-state index contributed by atoms with van der Waals surface area (Å²) in [4.78, 5) is 4.55. The van der Waals surface area contributed by atoms with Crippen LogP contribution in [0.1, 0.15) is 11.3 Å². The molecule has 0 spiro atoms. The van der Waals surface area contributed by atoms with Gasteiger partial charge in [-0.05, 0) is 12.1 Å². The number of aromatic nitrogens is 3. The van der Waals surface area contributed by atoms with E-state index in [4.69, 9.17) is 14.7 Å². The summed E-state index contributed by atoms with van der Waals surface area (Å²) in [6.45, 7) is 0.332. The van der Waals surface area contributed by atoms with Crippen molar-refractivity contribution >= 4 is 11.3 Å². The third-order valence-electron chi connectivity index (χ3n) is 3.17. The second kappa shape index (κ2) is 6.50. The molecule has 0 radical (unpaired) electrons. The molecule has 0 aliphatic rings. The number of hydrogen-bond donors (Lipinski definition) is 0. The summed E-state index contributed by atoms with van der Waals surface area (Å²) in [5.41, 5.74) is 2.35. The topological polar surface area (TPSA) is 73.0 Å². The van der Waals surface area contributed by atoms with Crippen molar-refractivity contribution in [3.63, 3.8) is 0 Å². The Morgan fingerprint density at radius 3 is 2.91 bits per heavy atom. The Morgan fingerprint density at radius 1 is 1.35 bits per heavy atom. The largest absolute Gasteiger partial charge is 0.493 e. The number of benzene rings is 1. The molecule has 0 atom stereocenters. The highest BCUT2D eigenvalue weighted by atomic mass is 32.1. The Balaban J connectivity index is 1.72. The summed E-state index contributed by atoms with van der Waals surface area (Å²) in [7, 11) is 3.42. The molecule has 0 aliphatic heterocycles. The van der Waals surface area contributed by atoms with Crippen molar-refractivity contribution < 1.29 is 9.47 Å². The van der Waals surface area contributed by atoms with Crippen LogP contribution in [-0.4, -0.2) is 21.9 Å². The van der Waals surface area contributed by atoms with Crippen LogP contribution in [0.5, 0.6) is 11.5 Å². The standard InChI is InChI=1S/C16H14N4O2S/c1-20-8-12(7-18-20)16-19-13(10-23-16)9-22-14-4-3-11(6-17)5-15(14)21-2/h3-5,7-8,10H,9H2,1-2H3. The van der Waals surface area contributed by atoms with E-state index in [1.165, 1.54) is 0 Å². The first-order valence-electron chi connectivity index (χ1n) is 6.84. The fourth-order valence-electron chi connectivity index (χ4n) is 2.05. The van der Waals surface area contributed by atoms with Crippen molar-refractivity contribution in [3.05, 3.63) is 47.2 Å². The molecule has 3 rings (SSSR count). The van der Waals surface area contributed by atoms with Crippen molar-refractivity contribution in [3.8, 4) is 28.1 Å². The highest BCUT2D eigenvalue weighted by Gasteiger charge is 2.09. The highest BCUT2D eigenvalue weighted by Crippen LogP contribution is 2.29. The maximum Gasteiger partial charge on any atom is 0.162 e. The minimum absolute atomic E-state index is 0.332. The second-order valence-corrected chi connectivity index (χ2v) is 5.67. The molecule has 0 bridgehead atoms. The smallest absolute Gasteiger partial charge is 0.162 e. The molecule has 2 heterocycles. The molecule has 0 unspecified atom stereocenters. The third-order valence-corrected chi connectivity index (χ3v) is 4.11. The number of rotatable bonds is 5. The zero-order chi connectivity index (χ0) is 16.2. The van der Waals surface area contributed by atoms with Crippen molar-refractivity contribution in [1.29, 1.82) is 5.26 Å². The number of aryl methyl sites for hydroxylation is 1. The number of hydrogen-bond acceptors (Lipinski definition) is 6. The van der Waals surface area contributed by atoms with E-state index in [0.717, 1.165) is 16.3 Å². The van der Waals surface area contributed by atoms with Gasteiger partial charge in [-0.3, -0.25) is 4.68 Å². The number of methoxy groups -OCH3 is 1. The molecule has 7 heteroatoms. The summed E-state index contributed by atoms with van der Waals surface area (Å²) >= 11 is 1.55. The van der Waals surface area contributed by atoms with Gasteiger partial charge in [-0.15, -0.1) is 11.3 Å². The van der Waals surface area contributed by atoms with E-state index in [-0.39, 0.29) is 0 Å². The summed E-state index contributed by atoms with van der Waals surface area (Å²) in [6, 6.07) is 7.14. The molecule has 0 amide bonds. The van der Waals surface area contributed by atoms with Gasteiger partial charge in [-0.2, -0.15) is 10.4 Å². The molecule has 1 aromatic carbocycles. The van der Waals surface area contributed by atoms with Crippen molar-refractivity contribution in [2.75, 3.05) is 7.11 Å². The lowest BCUT2D eigenvalue weighted by Gasteiger charge is -2.09. The molecule has 0 aliphatic carbocycles. The average molecular weight is 326 g/mol. The minimum Gasteiger partial charge on any atom is -0.493 e. The normalized spacial score (nSPS) is 10.3. The van der Waals surface area contributed by atoms with E-state index in [1.807, 2.05) is 18.6 Å². The Kier molecular flexibility index (Phi) is 4.26. The predicted molar refractivity (Wildman–Crippen MR) is 86.4 cm³/mol. The molecule has 0 fully saturated rings. The minimum atomic E-state index is 0.332. The first-order valence-corrected chi connectivity index (χ1v) is 7.72. The lowest BCUT2D eigenvalue weighted by molar-refractivity contribution is 0.281. The highest BCUT2D eigenvalue weighted by molar-refractivity contribution is 7.13. The zero-order valence-electron chi connectivity index (χ0n) is 12.7. The second-order valence-electron chi connectivity index (χ2n) is 4.81. The molecule has 0 N–H and O–H groups in total. The van der Waals surface area contributed by atoms with Gasteiger partial charge in [-0.25, -0.2) is 4.98 Å². The van der Waals surface area contributed by atoms with Crippen molar-refractivity contribution in [2.45, 2.75) is 6.61 Å². The maximum absolute atomic E-state index is 8.91. The fraction of sp³-hybridized carbons (Fsp3) is 0.188. The molecule has 23 heavy (non-hydrogen) atoms. The van der Waals surface area contributed by atoms with Gasteiger partial charge in [0, 0.05) is 30.3 Å². The quantitative estimate of drug-likeness (QED) is 0.720. The van der Waals surface area contributed by atoms with Crippen molar-refractivity contribution in [1.82, 2.24) is 14.8 Å². The van der Waals surface area contributed by atoms with E-state index < -0.39 is 0 Å². The van der Waals surface area contributed by atoms with Crippen LogP contribution in [0.25, 0.3) is 10.6 Å². The molecule has 0 saturated carbocycles. The van der Waals surface area contributed by atoms with E-state index >= 15 is 0 Å². The first-order chi connectivity index (χ1) is 11.2. The fourth-order valence-corrected chi connectivity index (χ4v) is 2.83. The number of thiazole rings is 1. The van der Waals surface area contributed by atoms with E-state index in [1.54, 1.807) is 47.5 Å². The van der Waals surface area contributed by atoms with Crippen LogP contribution >= 0.6 is 11.3 Å². The molecule has 0 saturated heterocycles. The van der Waals surface area contributed by atoms with Crippen LogP contribution in [0.3, 0.4) is 0 Å². The van der Waals surface area contributed by atoms with Crippen LogP contribution in [0.4, 0.5) is 0 Å². The molecule has 3 aromatic rings. The van der Waals surface area contributed by atoms with Gasteiger partial charge in [0.25, 0.3) is 0 Å². The SMILES string of the molecule is COc1cc(C#N)ccc1OCc1csc(-c2cnn(C)c2)n1. The Labute approximate surface area is 137 Å². The zero-order valence-corrected chi connectivity index (χ0v) is 13.5. The molecular formula is C16H14N4O2S. The van der Waals surface area contributed by atoms with Gasteiger partial charge in [0.1, 0.15) is 11.6 Å². The van der Waals surface area contributed by atoms with Gasteiger partial charge in [-0.1, -0.05) is 0 Å². The number of nitrogens with zero attached hydrogens (tertiary/aromatic N) is 4. The lowest BCUT2D eigenvalue weighted by atomic mass is 10.2. The molecule has 116 valence electrons. The Morgan fingerprint density at radius 2 is 2.22 bits per heavy atom. The van der Waals surface area contributed by atoms with Gasteiger partial charge < -0.3 is 9.47 Å². The first kappa shape index (κ1) is 15.1. The average Bonchev–Trinajstić information content (AvgIpc) is 3.21. The summed E-state index contributed by atoms with van der Waals surface area (Å²) in [6.07, 6.45) is 3.71.